The lowest BCUT2D eigenvalue weighted by Crippen LogP contribution is -2.50. The van der Waals surface area contributed by atoms with Crippen LogP contribution < -0.4 is 10.6 Å². The Bertz CT molecular complexity index is 1440. The fourth-order valence-electron chi connectivity index (χ4n) is 5.13. The van der Waals surface area contributed by atoms with E-state index in [0.29, 0.717) is 5.56 Å². The van der Waals surface area contributed by atoms with E-state index < -0.39 is 30.1 Å². The van der Waals surface area contributed by atoms with Gasteiger partial charge >= 0.3 is 12.1 Å². The minimum atomic E-state index is -1.03. The quantitative estimate of drug-likeness (QED) is 0.289. The summed E-state index contributed by atoms with van der Waals surface area (Å²) in [6.45, 7) is 0.119. The summed E-state index contributed by atoms with van der Waals surface area (Å²) < 4.78 is 10.6. The van der Waals surface area contributed by atoms with E-state index in [1.165, 1.54) is 7.11 Å². The highest BCUT2D eigenvalue weighted by atomic mass is 16.5. The molecule has 0 radical (unpaired) electrons. The van der Waals surface area contributed by atoms with E-state index in [-0.39, 0.29) is 18.9 Å². The fourth-order valence-corrected chi connectivity index (χ4v) is 5.13. The molecule has 202 valence electrons. The maximum absolute atomic E-state index is 13.5. The predicted molar refractivity (Wildman–Crippen MR) is 151 cm³/mol. The van der Waals surface area contributed by atoms with Gasteiger partial charge in [-0.1, -0.05) is 109 Å². The molecule has 40 heavy (non-hydrogen) atoms. The Labute approximate surface area is 233 Å². The van der Waals surface area contributed by atoms with Gasteiger partial charge in [0.2, 0.25) is 5.91 Å². The van der Waals surface area contributed by atoms with Crippen LogP contribution in [0.1, 0.15) is 34.2 Å². The Hall–Kier alpha value is -4.91. The van der Waals surface area contributed by atoms with Crippen LogP contribution in [0.4, 0.5) is 4.79 Å². The summed E-state index contributed by atoms with van der Waals surface area (Å²) in [6, 6.07) is 32.3. The highest BCUT2D eigenvalue weighted by Gasteiger charge is 2.31. The maximum Gasteiger partial charge on any atom is 0.407 e. The van der Waals surface area contributed by atoms with Gasteiger partial charge in [-0.3, -0.25) is 4.79 Å². The monoisotopic (exact) mass is 534 g/mol. The molecule has 4 aromatic carbocycles. The molecule has 2 amide bonds. The van der Waals surface area contributed by atoms with E-state index in [1.54, 1.807) is 24.3 Å². The smallest absolute Gasteiger partial charge is 0.407 e. The molecule has 7 nitrogen and oxygen atoms in total. The van der Waals surface area contributed by atoms with Gasteiger partial charge in [0.05, 0.1) is 7.11 Å². The predicted octanol–water partition coefficient (Wildman–Crippen LogP) is 5.17. The normalized spacial score (nSPS) is 13.3. The molecule has 7 heteroatoms. The Balaban J connectivity index is 1.31. The average Bonchev–Trinajstić information content (AvgIpc) is 3.32. The van der Waals surface area contributed by atoms with Crippen molar-refractivity contribution in [1.29, 1.82) is 0 Å². The lowest BCUT2D eigenvalue weighted by molar-refractivity contribution is -0.145. The van der Waals surface area contributed by atoms with Gasteiger partial charge in [-0.15, -0.1) is 0 Å². The van der Waals surface area contributed by atoms with Crippen molar-refractivity contribution in [2.75, 3.05) is 13.7 Å². The van der Waals surface area contributed by atoms with Crippen molar-refractivity contribution in [1.82, 2.24) is 10.6 Å². The van der Waals surface area contributed by atoms with E-state index in [9.17, 15) is 14.4 Å². The number of carbonyl (C=O) groups excluding carboxylic acids is 3. The minimum absolute atomic E-state index is 0.110. The third-order valence-electron chi connectivity index (χ3n) is 7.09. The third-order valence-corrected chi connectivity index (χ3v) is 7.09. The number of carbonyl (C=O) groups is 3. The van der Waals surface area contributed by atoms with Gasteiger partial charge in [-0.05, 0) is 33.4 Å². The van der Waals surface area contributed by atoms with Crippen molar-refractivity contribution in [2.24, 2.45) is 0 Å². The van der Waals surface area contributed by atoms with Crippen LogP contribution >= 0.6 is 0 Å². The first-order valence-electron chi connectivity index (χ1n) is 13.1. The van der Waals surface area contributed by atoms with Crippen molar-refractivity contribution < 1.29 is 23.9 Å². The van der Waals surface area contributed by atoms with Crippen LogP contribution in [0, 0.1) is 0 Å². The Morgan fingerprint density at radius 3 is 1.88 bits per heavy atom. The van der Waals surface area contributed by atoms with Crippen LogP contribution in [0.25, 0.3) is 11.1 Å². The van der Waals surface area contributed by atoms with Crippen molar-refractivity contribution in [3.05, 3.63) is 131 Å². The number of fused-ring (bicyclic) bond motifs is 3. The first-order chi connectivity index (χ1) is 19.5. The molecule has 2 atom stereocenters. The van der Waals surface area contributed by atoms with Gasteiger partial charge in [-0.2, -0.15) is 0 Å². The number of amides is 2. The van der Waals surface area contributed by atoms with Crippen LogP contribution in [0.5, 0.6) is 0 Å². The molecule has 4 aromatic rings. The molecular formula is C33H30N2O5. The number of nitrogens with one attached hydrogen (secondary N) is 2. The molecular weight excluding hydrogens is 504 g/mol. The fraction of sp³-hybridized carbons (Fsp3) is 0.182. The van der Waals surface area contributed by atoms with E-state index in [0.717, 1.165) is 27.8 Å². The molecule has 5 rings (SSSR count). The van der Waals surface area contributed by atoms with Crippen molar-refractivity contribution in [3.63, 3.8) is 0 Å². The van der Waals surface area contributed by atoms with Crippen LogP contribution in [0.3, 0.4) is 0 Å². The van der Waals surface area contributed by atoms with Gasteiger partial charge in [0, 0.05) is 12.3 Å². The largest absolute Gasteiger partial charge is 0.467 e. The minimum Gasteiger partial charge on any atom is -0.467 e. The summed E-state index contributed by atoms with van der Waals surface area (Å²) >= 11 is 0. The van der Waals surface area contributed by atoms with Crippen molar-refractivity contribution in [2.45, 2.75) is 24.4 Å². The van der Waals surface area contributed by atoms with Crippen molar-refractivity contribution >= 4 is 18.0 Å². The number of methoxy groups -OCH3 is 1. The third kappa shape index (κ3) is 5.89. The summed E-state index contributed by atoms with van der Waals surface area (Å²) in [5.41, 5.74) is 5.86. The van der Waals surface area contributed by atoms with Crippen LogP contribution in [0.15, 0.2) is 109 Å². The Morgan fingerprint density at radius 2 is 1.27 bits per heavy atom. The number of hydrogen-bond donors (Lipinski definition) is 2. The number of benzene rings is 4. The molecule has 0 saturated heterocycles. The molecule has 0 unspecified atom stereocenters. The van der Waals surface area contributed by atoms with E-state index >= 15 is 0 Å². The first kappa shape index (κ1) is 26.7. The van der Waals surface area contributed by atoms with E-state index in [4.69, 9.17) is 9.47 Å². The molecule has 0 heterocycles. The summed E-state index contributed by atoms with van der Waals surface area (Å²) in [7, 11) is 1.26. The molecule has 1 aliphatic carbocycles. The van der Waals surface area contributed by atoms with E-state index in [2.05, 4.69) is 22.8 Å². The van der Waals surface area contributed by atoms with Crippen molar-refractivity contribution in [3.8, 4) is 11.1 Å². The zero-order valence-electron chi connectivity index (χ0n) is 22.1. The second-order valence-electron chi connectivity index (χ2n) is 9.59. The molecule has 0 spiro atoms. The highest BCUT2D eigenvalue weighted by molar-refractivity contribution is 5.90. The SMILES string of the molecule is COC(=O)[C@@H](NC(=O)[C@H](Cc1ccccc1)NC(=O)OCC1c2ccccc2-c2ccccc21)c1ccccc1. The molecule has 2 N–H and O–H groups in total. The lowest BCUT2D eigenvalue weighted by atomic mass is 9.98. The molecule has 0 fully saturated rings. The van der Waals surface area contributed by atoms with E-state index in [1.807, 2.05) is 72.8 Å². The number of rotatable bonds is 9. The molecule has 0 aromatic heterocycles. The summed E-state index contributed by atoms with van der Waals surface area (Å²) in [4.78, 5) is 39.1. The van der Waals surface area contributed by atoms with Gasteiger partial charge in [0.15, 0.2) is 6.04 Å². The Morgan fingerprint density at radius 1 is 0.725 bits per heavy atom. The van der Waals surface area contributed by atoms with Crippen LogP contribution in [-0.2, 0) is 25.5 Å². The van der Waals surface area contributed by atoms with Gasteiger partial charge in [0.1, 0.15) is 12.6 Å². The molecule has 1 aliphatic rings. The van der Waals surface area contributed by atoms with Gasteiger partial charge in [0.25, 0.3) is 0 Å². The van der Waals surface area contributed by atoms with Gasteiger partial charge < -0.3 is 20.1 Å². The summed E-state index contributed by atoms with van der Waals surface area (Å²) in [6.07, 6.45) is -0.508. The lowest BCUT2D eigenvalue weighted by Gasteiger charge is -2.23. The molecule has 0 saturated carbocycles. The average molecular weight is 535 g/mol. The zero-order valence-corrected chi connectivity index (χ0v) is 22.1. The zero-order chi connectivity index (χ0) is 27.9. The molecule has 0 aliphatic heterocycles. The summed E-state index contributed by atoms with van der Waals surface area (Å²) in [5.74, 6) is -1.25. The maximum atomic E-state index is 13.5. The number of esters is 1. The van der Waals surface area contributed by atoms with Crippen LogP contribution in [0.2, 0.25) is 0 Å². The number of ether oxygens (including phenoxy) is 2. The number of alkyl carbamates (subject to hydrolysis) is 1. The second-order valence-corrected chi connectivity index (χ2v) is 9.59. The standard InChI is InChI=1S/C33H30N2O5/c1-39-32(37)30(23-14-6-3-7-15-23)35-31(36)29(20-22-12-4-2-5-13-22)34-33(38)40-21-28-26-18-10-8-16-24(26)25-17-9-11-19-27(25)28/h2-19,28-30H,20-21H2,1H3,(H,34,38)(H,35,36)/t29-,30-/m0/s1. The topological polar surface area (TPSA) is 93.7 Å². The molecule has 0 bridgehead atoms. The van der Waals surface area contributed by atoms with Crippen LogP contribution in [-0.4, -0.2) is 37.7 Å². The summed E-state index contributed by atoms with van der Waals surface area (Å²) in [5, 5.41) is 5.47. The first-order valence-corrected chi connectivity index (χ1v) is 13.1. The highest BCUT2D eigenvalue weighted by Crippen LogP contribution is 2.44. The number of hydrogen-bond acceptors (Lipinski definition) is 5. The Kier molecular flexibility index (Phi) is 8.21. The second kappa shape index (κ2) is 12.3. The van der Waals surface area contributed by atoms with Gasteiger partial charge in [-0.25, -0.2) is 9.59 Å².